The van der Waals surface area contributed by atoms with Crippen LogP contribution in [0.15, 0.2) is 54.7 Å². The highest BCUT2D eigenvalue weighted by Crippen LogP contribution is 2.39. The molecule has 2 heterocycles. The van der Waals surface area contributed by atoms with E-state index in [0.29, 0.717) is 38.0 Å². The van der Waals surface area contributed by atoms with Crippen molar-refractivity contribution in [2.75, 3.05) is 13.1 Å². The molecule has 176 valence electrons. The molecule has 0 radical (unpaired) electrons. The van der Waals surface area contributed by atoms with Gasteiger partial charge in [-0.3, -0.25) is 9.11 Å². The summed E-state index contributed by atoms with van der Waals surface area (Å²) in [5, 5.41) is 8.38. The first kappa shape index (κ1) is 23.6. The molecule has 11 heteroatoms. The first-order chi connectivity index (χ1) is 15.8. The van der Waals surface area contributed by atoms with Crippen molar-refractivity contribution in [1.29, 1.82) is 0 Å². The molecule has 0 aliphatic carbocycles. The summed E-state index contributed by atoms with van der Waals surface area (Å²) in [6, 6.07) is 13.5. The molecular weight excluding hydrogens is 455 g/mol. The predicted octanol–water partition coefficient (Wildman–Crippen LogP) is 3.55. The number of aromatic nitrogens is 3. The maximum Gasteiger partial charge on any atom is 0.416 e. The number of halogens is 3. The van der Waals surface area contributed by atoms with E-state index in [4.69, 9.17) is 0 Å². The van der Waals surface area contributed by atoms with Crippen molar-refractivity contribution < 1.29 is 21.9 Å². The van der Waals surface area contributed by atoms with Gasteiger partial charge in [-0.2, -0.15) is 13.2 Å². The largest absolute Gasteiger partial charge is 0.760 e. The number of nitrogens with zero attached hydrogens (tertiary/aromatic N) is 4. The number of piperidine rings is 1. The second-order valence-corrected chi connectivity index (χ2v) is 8.77. The van der Waals surface area contributed by atoms with Gasteiger partial charge in [0, 0.05) is 24.4 Å². The van der Waals surface area contributed by atoms with Crippen LogP contribution >= 0.6 is 0 Å². The van der Waals surface area contributed by atoms with Crippen LogP contribution in [0.5, 0.6) is 0 Å². The van der Waals surface area contributed by atoms with Gasteiger partial charge in [0.25, 0.3) is 0 Å². The van der Waals surface area contributed by atoms with Crippen molar-refractivity contribution >= 4 is 11.3 Å². The van der Waals surface area contributed by atoms with Gasteiger partial charge in [-0.25, -0.2) is 9.40 Å². The number of rotatable bonds is 7. The molecule has 4 rings (SSSR count). The van der Waals surface area contributed by atoms with E-state index < -0.39 is 23.0 Å². The summed E-state index contributed by atoms with van der Waals surface area (Å²) in [7, 11) is 0. The minimum absolute atomic E-state index is 0.0445. The Morgan fingerprint density at radius 2 is 1.85 bits per heavy atom. The van der Waals surface area contributed by atoms with Gasteiger partial charge in [0.15, 0.2) is 0 Å². The minimum atomic E-state index is -4.46. The first-order valence-electron chi connectivity index (χ1n) is 10.5. The van der Waals surface area contributed by atoms with E-state index in [1.54, 1.807) is 4.68 Å². The summed E-state index contributed by atoms with van der Waals surface area (Å²) >= 11 is -2.48. The van der Waals surface area contributed by atoms with Crippen molar-refractivity contribution in [3.63, 3.8) is 0 Å². The lowest BCUT2D eigenvalue weighted by Gasteiger charge is -2.33. The zero-order valence-electron chi connectivity index (χ0n) is 17.7. The van der Waals surface area contributed by atoms with Crippen molar-refractivity contribution in [3.8, 4) is 5.69 Å². The molecule has 1 saturated heterocycles. The van der Waals surface area contributed by atoms with Crippen LogP contribution in [-0.4, -0.2) is 41.7 Å². The third kappa shape index (κ3) is 6.05. The second-order valence-electron chi connectivity index (χ2n) is 8.02. The van der Waals surface area contributed by atoms with Gasteiger partial charge in [-0.05, 0) is 61.2 Å². The molecule has 1 aliphatic heterocycles. The van der Waals surface area contributed by atoms with Crippen LogP contribution in [-0.2, 0) is 30.5 Å². The Morgan fingerprint density at radius 3 is 2.52 bits per heavy atom. The fourth-order valence-electron chi connectivity index (χ4n) is 4.17. The maximum atomic E-state index is 13.6. The van der Waals surface area contributed by atoms with E-state index in [1.165, 1.54) is 12.1 Å². The van der Waals surface area contributed by atoms with Gasteiger partial charge < -0.3 is 4.55 Å². The highest BCUT2D eigenvalue weighted by molar-refractivity contribution is 7.77. The van der Waals surface area contributed by atoms with Crippen LogP contribution in [0.25, 0.3) is 5.69 Å². The number of nitrogens with one attached hydrogen (secondary N) is 1. The average Bonchev–Trinajstić information content (AvgIpc) is 3.26. The smallest absolute Gasteiger partial charge is 0.416 e. The molecule has 3 aromatic rings. The quantitative estimate of drug-likeness (QED) is 0.525. The lowest BCUT2D eigenvalue weighted by molar-refractivity contribution is -0.138. The highest BCUT2D eigenvalue weighted by Gasteiger charge is 2.36. The molecule has 1 atom stereocenters. The lowest BCUT2D eigenvalue weighted by atomic mass is 9.85. The van der Waals surface area contributed by atoms with Gasteiger partial charge in [-0.15, -0.1) is 5.10 Å². The van der Waals surface area contributed by atoms with Crippen LogP contribution in [0.1, 0.15) is 41.1 Å². The van der Waals surface area contributed by atoms with Crippen LogP contribution < -0.4 is 4.72 Å². The molecule has 0 bridgehead atoms. The Balaban J connectivity index is 1.42. The molecule has 1 unspecified atom stereocenters. The second kappa shape index (κ2) is 10.1. The number of hydrogen-bond donors (Lipinski definition) is 1. The van der Waals surface area contributed by atoms with Gasteiger partial charge in [0.2, 0.25) is 0 Å². The minimum Gasteiger partial charge on any atom is -0.760 e. The molecule has 7 nitrogen and oxygen atoms in total. The lowest BCUT2D eigenvalue weighted by Crippen LogP contribution is -2.33. The summed E-state index contributed by atoms with van der Waals surface area (Å²) < 4.78 is 66.2. The SMILES string of the molecule is O=S([O-])NCc1ccc(C(F)(F)F)c(C2CCN(Cc3cn(-c4ccccc4)nn3)CC2)c1. The Kier molecular flexibility index (Phi) is 7.23. The number of para-hydroxylation sites is 1. The van der Waals surface area contributed by atoms with E-state index in [2.05, 4.69) is 19.9 Å². The topological polar surface area (TPSA) is 86.1 Å². The molecule has 1 N–H and O–H groups in total. The molecule has 1 fully saturated rings. The third-order valence-electron chi connectivity index (χ3n) is 5.79. The predicted molar refractivity (Wildman–Crippen MR) is 116 cm³/mol. The summed E-state index contributed by atoms with van der Waals surface area (Å²) in [4.78, 5) is 2.16. The Bertz CT molecular complexity index is 1100. The molecule has 0 spiro atoms. The summed E-state index contributed by atoms with van der Waals surface area (Å²) in [6.45, 7) is 1.79. The fraction of sp³-hybridized carbons (Fsp3) is 0.364. The first-order valence-corrected chi connectivity index (χ1v) is 11.6. The number of benzene rings is 2. The number of hydrogen-bond acceptors (Lipinski definition) is 5. The van der Waals surface area contributed by atoms with Gasteiger partial charge in [-0.1, -0.05) is 35.5 Å². The standard InChI is InChI=1S/C22H24F3N5O2S/c23-22(24,25)21-7-6-16(13-26-33(31)32)12-20(21)17-8-10-29(11-9-17)14-18-15-30(28-27-18)19-4-2-1-3-5-19/h1-7,12,15,17,26H,8-11,13-14H2,(H,31,32)/p-1. The molecule has 0 saturated carbocycles. The molecular formula is C22H23F3N5O2S-. The van der Waals surface area contributed by atoms with E-state index in [9.17, 15) is 21.9 Å². The summed E-state index contributed by atoms with van der Waals surface area (Å²) in [6.07, 6.45) is -1.46. The van der Waals surface area contributed by atoms with Crippen LogP contribution in [0.4, 0.5) is 13.2 Å². The molecule has 2 aromatic carbocycles. The number of likely N-dealkylation sites (tertiary alicyclic amines) is 1. The maximum absolute atomic E-state index is 13.6. The highest BCUT2D eigenvalue weighted by atomic mass is 32.2. The molecule has 1 aromatic heterocycles. The molecule has 1 aliphatic rings. The van der Waals surface area contributed by atoms with Gasteiger partial charge >= 0.3 is 6.18 Å². The van der Waals surface area contributed by atoms with E-state index in [0.717, 1.165) is 17.4 Å². The fourth-order valence-corrected chi connectivity index (χ4v) is 4.45. The number of alkyl halides is 3. The van der Waals surface area contributed by atoms with Crippen LogP contribution in [0.3, 0.4) is 0 Å². The monoisotopic (exact) mass is 478 g/mol. The molecule has 33 heavy (non-hydrogen) atoms. The Labute approximate surface area is 192 Å². The van der Waals surface area contributed by atoms with Crippen LogP contribution in [0.2, 0.25) is 0 Å². The van der Waals surface area contributed by atoms with E-state index in [1.807, 2.05) is 36.5 Å². The van der Waals surface area contributed by atoms with E-state index >= 15 is 0 Å². The zero-order valence-corrected chi connectivity index (χ0v) is 18.5. The zero-order chi connectivity index (χ0) is 23.4. The van der Waals surface area contributed by atoms with E-state index in [-0.39, 0.29) is 18.0 Å². The van der Waals surface area contributed by atoms with Crippen molar-refractivity contribution in [2.24, 2.45) is 0 Å². The van der Waals surface area contributed by atoms with Crippen LogP contribution in [0, 0.1) is 0 Å². The summed E-state index contributed by atoms with van der Waals surface area (Å²) in [5.74, 6) is -0.254. The average molecular weight is 479 g/mol. The Morgan fingerprint density at radius 1 is 1.12 bits per heavy atom. The Hall–Kier alpha value is -2.60. The van der Waals surface area contributed by atoms with Gasteiger partial charge in [0.05, 0.1) is 23.1 Å². The van der Waals surface area contributed by atoms with Crippen molar-refractivity contribution in [1.82, 2.24) is 24.6 Å². The molecule has 0 amide bonds. The van der Waals surface area contributed by atoms with Crippen molar-refractivity contribution in [2.45, 2.75) is 38.0 Å². The van der Waals surface area contributed by atoms with Gasteiger partial charge in [0.1, 0.15) is 0 Å². The normalized spacial score (nSPS) is 16.7. The third-order valence-corrected chi connectivity index (χ3v) is 6.17. The van der Waals surface area contributed by atoms with Crippen molar-refractivity contribution in [3.05, 3.63) is 77.1 Å². The summed E-state index contributed by atoms with van der Waals surface area (Å²) in [5.41, 5.74) is 1.78.